The zero-order valence-corrected chi connectivity index (χ0v) is 20.6. The number of halogens is 1. The number of aliphatic hydroxyl groups is 1. The number of anilines is 1. The first kappa shape index (κ1) is 24.1. The molecule has 2 heterocycles. The molecule has 7 nitrogen and oxygen atoms in total. The molecular formula is C25H34ClN5O2. The van der Waals surface area contributed by atoms with Crippen LogP contribution in [0.3, 0.4) is 0 Å². The van der Waals surface area contributed by atoms with Crippen molar-refractivity contribution in [2.45, 2.75) is 63.8 Å². The third-order valence-corrected chi connectivity index (χ3v) is 6.86. The Morgan fingerprint density at radius 3 is 2.42 bits per heavy atom. The van der Waals surface area contributed by atoms with Crippen LogP contribution in [0.2, 0.25) is 5.02 Å². The SMILES string of the molecule is C[C@@H]1C[C@@H](O)c2ncnc(N3CCN(C(NC(C)(C)C)C(C=O)c4ccc(Cl)cc4)CC3)c21. The molecule has 1 aliphatic heterocycles. The first-order chi connectivity index (χ1) is 15.7. The zero-order valence-electron chi connectivity index (χ0n) is 19.8. The fourth-order valence-electron chi connectivity index (χ4n) is 5.04. The summed E-state index contributed by atoms with van der Waals surface area (Å²) in [7, 11) is 0. The highest BCUT2D eigenvalue weighted by Gasteiger charge is 2.36. The number of aliphatic hydroxyl groups excluding tert-OH is 1. The fourth-order valence-corrected chi connectivity index (χ4v) is 5.16. The van der Waals surface area contributed by atoms with E-state index < -0.39 is 6.10 Å². The van der Waals surface area contributed by atoms with E-state index in [1.165, 1.54) is 0 Å². The van der Waals surface area contributed by atoms with Crippen molar-refractivity contribution in [3.63, 3.8) is 0 Å². The molecule has 0 spiro atoms. The molecule has 2 N–H and O–H groups in total. The molecule has 0 saturated carbocycles. The van der Waals surface area contributed by atoms with E-state index in [0.717, 1.165) is 55.1 Å². The van der Waals surface area contributed by atoms with Crippen LogP contribution in [-0.2, 0) is 4.79 Å². The first-order valence-electron chi connectivity index (χ1n) is 11.7. The van der Waals surface area contributed by atoms with Gasteiger partial charge in [-0.1, -0.05) is 30.7 Å². The monoisotopic (exact) mass is 471 g/mol. The van der Waals surface area contributed by atoms with E-state index in [0.29, 0.717) is 11.4 Å². The number of carbonyl (C=O) groups excluding carboxylic acids is 1. The van der Waals surface area contributed by atoms with Gasteiger partial charge in [-0.2, -0.15) is 0 Å². The number of hydrogen-bond donors (Lipinski definition) is 2. The highest BCUT2D eigenvalue weighted by atomic mass is 35.5. The molecule has 1 saturated heterocycles. The van der Waals surface area contributed by atoms with Crippen molar-refractivity contribution < 1.29 is 9.90 Å². The highest BCUT2D eigenvalue weighted by Crippen LogP contribution is 2.42. The van der Waals surface area contributed by atoms with Crippen LogP contribution in [0.25, 0.3) is 0 Å². The summed E-state index contributed by atoms with van der Waals surface area (Å²) in [4.78, 5) is 25.9. The summed E-state index contributed by atoms with van der Waals surface area (Å²) in [6.07, 6.45) is 2.66. The maximum absolute atomic E-state index is 12.3. The number of hydrogen-bond acceptors (Lipinski definition) is 7. The van der Waals surface area contributed by atoms with Gasteiger partial charge in [0.15, 0.2) is 0 Å². The van der Waals surface area contributed by atoms with E-state index in [9.17, 15) is 9.90 Å². The molecule has 2 aromatic rings. The predicted molar refractivity (Wildman–Crippen MR) is 131 cm³/mol. The van der Waals surface area contributed by atoms with Crippen LogP contribution in [0.15, 0.2) is 30.6 Å². The molecule has 178 valence electrons. The zero-order chi connectivity index (χ0) is 23.8. The van der Waals surface area contributed by atoms with Crippen LogP contribution in [0.4, 0.5) is 5.82 Å². The summed E-state index contributed by atoms with van der Waals surface area (Å²) in [5, 5.41) is 14.7. The molecule has 0 amide bonds. The maximum atomic E-state index is 12.3. The largest absolute Gasteiger partial charge is 0.387 e. The van der Waals surface area contributed by atoms with Crippen molar-refractivity contribution >= 4 is 23.7 Å². The van der Waals surface area contributed by atoms with Gasteiger partial charge in [-0.15, -0.1) is 0 Å². The number of carbonyl (C=O) groups is 1. The minimum Gasteiger partial charge on any atom is -0.387 e. The molecule has 33 heavy (non-hydrogen) atoms. The molecule has 2 unspecified atom stereocenters. The number of fused-ring (bicyclic) bond motifs is 1. The topological polar surface area (TPSA) is 81.6 Å². The smallest absolute Gasteiger partial charge is 0.135 e. The van der Waals surface area contributed by atoms with Crippen LogP contribution >= 0.6 is 11.6 Å². The Hall–Kier alpha value is -2.06. The average molecular weight is 472 g/mol. The molecule has 1 aliphatic carbocycles. The number of benzene rings is 1. The molecule has 1 fully saturated rings. The molecular weight excluding hydrogens is 438 g/mol. The second-order valence-corrected chi connectivity index (χ2v) is 10.7. The Morgan fingerprint density at radius 1 is 1.15 bits per heavy atom. The molecule has 1 aromatic heterocycles. The standard InChI is InChI=1S/C25H34ClN5O2/c1-16-13-20(33)22-21(16)24(28-15-27-22)31-11-9-30(10-12-31)23(29-25(2,3)4)19(14-32)17-5-7-18(26)8-6-17/h5-8,14-16,19-20,23,29,33H,9-13H2,1-4H3/t16-,19?,20-,23?/m1/s1. The van der Waals surface area contributed by atoms with E-state index >= 15 is 0 Å². The van der Waals surface area contributed by atoms with Crippen molar-refractivity contribution in [3.8, 4) is 0 Å². The lowest BCUT2D eigenvalue weighted by molar-refractivity contribution is -0.111. The fraction of sp³-hybridized carbons (Fsp3) is 0.560. The lowest BCUT2D eigenvalue weighted by atomic mass is 9.94. The van der Waals surface area contributed by atoms with Crippen molar-refractivity contribution in [3.05, 3.63) is 52.4 Å². The second kappa shape index (κ2) is 9.66. The molecule has 1 aromatic carbocycles. The normalized spacial score (nSPS) is 23.3. The second-order valence-electron chi connectivity index (χ2n) is 10.2. The summed E-state index contributed by atoms with van der Waals surface area (Å²) < 4.78 is 0. The molecule has 4 rings (SSSR count). The minimum atomic E-state index is -0.508. The first-order valence-corrected chi connectivity index (χ1v) is 12.1. The lowest BCUT2D eigenvalue weighted by Crippen LogP contribution is -2.60. The van der Waals surface area contributed by atoms with Gasteiger partial charge >= 0.3 is 0 Å². The Labute approximate surface area is 201 Å². The van der Waals surface area contributed by atoms with Gasteiger partial charge in [0.25, 0.3) is 0 Å². The minimum absolute atomic E-state index is 0.136. The predicted octanol–water partition coefficient (Wildman–Crippen LogP) is 3.49. The van der Waals surface area contributed by atoms with Crippen LogP contribution in [0, 0.1) is 0 Å². The number of nitrogens with one attached hydrogen (secondary N) is 1. The van der Waals surface area contributed by atoms with Gasteiger partial charge in [-0.05, 0) is 50.8 Å². The van der Waals surface area contributed by atoms with Crippen molar-refractivity contribution in [1.82, 2.24) is 20.2 Å². The van der Waals surface area contributed by atoms with Crippen molar-refractivity contribution in [2.75, 3.05) is 31.1 Å². The number of piperazine rings is 1. The van der Waals surface area contributed by atoms with Crippen LogP contribution in [0.1, 0.15) is 68.9 Å². The van der Waals surface area contributed by atoms with Crippen LogP contribution < -0.4 is 10.2 Å². The Balaban J connectivity index is 1.54. The Bertz CT molecular complexity index is 970. The third kappa shape index (κ3) is 5.22. The van der Waals surface area contributed by atoms with Gasteiger partial charge in [0, 0.05) is 42.3 Å². The molecule has 4 atom stereocenters. The summed E-state index contributed by atoms with van der Waals surface area (Å²) in [6.45, 7) is 11.7. The Morgan fingerprint density at radius 2 is 1.82 bits per heavy atom. The molecule has 8 heteroatoms. The van der Waals surface area contributed by atoms with E-state index in [2.05, 4.69) is 52.8 Å². The van der Waals surface area contributed by atoms with Gasteiger partial charge < -0.3 is 14.8 Å². The Kier molecular flexibility index (Phi) is 7.05. The van der Waals surface area contributed by atoms with Gasteiger partial charge in [0.1, 0.15) is 18.4 Å². The van der Waals surface area contributed by atoms with E-state index in [4.69, 9.17) is 11.6 Å². The number of rotatable bonds is 6. The molecule has 2 aliphatic rings. The van der Waals surface area contributed by atoms with Crippen molar-refractivity contribution in [1.29, 1.82) is 0 Å². The van der Waals surface area contributed by atoms with Gasteiger partial charge in [0.05, 0.1) is 23.9 Å². The number of aromatic nitrogens is 2. The van der Waals surface area contributed by atoms with Crippen LogP contribution in [0.5, 0.6) is 0 Å². The summed E-state index contributed by atoms with van der Waals surface area (Å²) in [5.41, 5.74) is 2.64. The van der Waals surface area contributed by atoms with E-state index in [1.807, 2.05) is 24.3 Å². The summed E-state index contributed by atoms with van der Waals surface area (Å²) in [6, 6.07) is 7.55. The van der Waals surface area contributed by atoms with E-state index in [1.54, 1.807) is 6.33 Å². The summed E-state index contributed by atoms with van der Waals surface area (Å²) in [5.74, 6) is 0.865. The lowest BCUT2D eigenvalue weighted by Gasteiger charge is -2.44. The maximum Gasteiger partial charge on any atom is 0.135 e. The molecule has 0 bridgehead atoms. The van der Waals surface area contributed by atoms with Gasteiger partial charge in [-0.25, -0.2) is 9.97 Å². The van der Waals surface area contributed by atoms with Gasteiger partial charge in [-0.3, -0.25) is 10.2 Å². The van der Waals surface area contributed by atoms with Crippen molar-refractivity contribution in [2.24, 2.45) is 0 Å². The summed E-state index contributed by atoms with van der Waals surface area (Å²) >= 11 is 6.08. The van der Waals surface area contributed by atoms with Crippen LogP contribution in [-0.4, -0.2) is 64.1 Å². The van der Waals surface area contributed by atoms with E-state index in [-0.39, 0.29) is 23.5 Å². The third-order valence-electron chi connectivity index (χ3n) is 6.61. The quantitative estimate of drug-likeness (QED) is 0.624. The molecule has 0 radical (unpaired) electrons. The van der Waals surface area contributed by atoms with Gasteiger partial charge in [0.2, 0.25) is 0 Å². The average Bonchev–Trinajstić information content (AvgIpc) is 3.08. The highest BCUT2D eigenvalue weighted by molar-refractivity contribution is 6.30. The number of nitrogens with zero attached hydrogens (tertiary/aromatic N) is 4. The number of aldehydes is 1.